The number of rotatable bonds is 8. The van der Waals surface area contributed by atoms with Gasteiger partial charge in [0.15, 0.2) is 11.0 Å². The molecule has 0 saturated heterocycles. The standard InChI is InChI=1S/C25H25N5O2S/c1-29(2)19-15-13-18(14-16-19)26-23(31)17-33-25-28-27-24(21-11-7-8-12-22(21)32-3)30(25)20-9-5-4-6-10-20/h4-16H,17H2,1-3H3,(H,26,31). The van der Waals surface area contributed by atoms with Crippen LogP contribution in [0.15, 0.2) is 84.0 Å². The van der Waals surface area contributed by atoms with Crippen LogP contribution < -0.4 is 15.0 Å². The van der Waals surface area contributed by atoms with Gasteiger partial charge in [0.2, 0.25) is 5.91 Å². The highest BCUT2D eigenvalue weighted by Gasteiger charge is 2.19. The number of amides is 1. The van der Waals surface area contributed by atoms with Gasteiger partial charge in [0.1, 0.15) is 5.75 Å². The number of thioether (sulfide) groups is 1. The lowest BCUT2D eigenvalue weighted by atomic mass is 10.2. The van der Waals surface area contributed by atoms with Crippen LogP contribution in [0.3, 0.4) is 0 Å². The molecule has 0 aliphatic heterocycles. The van der Waals surface area contributed by atoms with Crippen molar-refractivity contribution in [3.05, 3.63) is 78.9 Å². The van der Waals surface area contributed by atoms with Gasteiger partial charge in [0, 0.05) is 31.2 Å². The largest absolute Gasteiger partial charge is 0.496 e. The van der Waals surface area contributed by atoms with E-state index in [0.29, 0.717) is 16.7 Å². The zero-order chi connectivity index (χ0) is 23.2. The van der Waals surface area contributed by atoms with Crippen molar-refractivity contribution in [1.82, 2.24) is 14.8 Å². The van der Waals surface area contributed by atoms with Crippen molar-refractivity contribution in [3.63, 3.8) is 0 Å². The molecule has 0 spiro atoms. The molecule has 4 rings (SSSR count). The summed E-state index contributed by atoms with van der Waals surface area (Å²) >= 11 is 1.33. The highest BCUT2D eigenvalue weighted by Crippen LogP contribution is 2.33. The Balaban J connectivity index is 1.56. The van der Waals surface area contributed by atoms with Gasteiger partial charge in [-0.2, -0.15) is 0 Å². The van der Waals surface area contributed by atoms with Gasteiger partial charge in [0.25, 0.3) is 0 Å². The molecule has 0 radical (unpaired) electrons. The Morgan fingerprint density at radius 3 is 2.36 bits per heavy atom. The highest BCUT2D eigenvalue weighted by molar-refractivity contribution is 7.99. The maximum atomic E-state index is 12.6. The first-order chi connectivity index (χ1) is 16.1. The van der Waals surface area contributed by atoms with Crippen LogP contribution in [0.4, 0.5) is 11.4 Å². The summed E-state index contributed by atoms with van der Waals surface area (Å²) in [5.74, 6) is 1.45. The molecule has 0 atom stereocenters. The van der Waals surface area contributed by atoms with Crippen molar-refractivity contribution in [2.24, 2.45) is 0 Å². The molecule has 0 fully saturated rings. The van der Waals surface area contributed by atoms with Crippen molar-refractivity contribution in [3.8, 4) is 22.8 Å². The van der Waals surface area contributed by atoms with E-state index in [1.54, 1.807) is 7.11 Å². The molecular formula is C25H25N5O2S. The number of methoxy groups -OCH3 is 1. The molecule has 3 aromatic carbocycles. The summed E-state index contributed by atoms with van der Waals surface area (Å²) in [7, 11) is 5.59. The number of nitrogens with zero attached hydrogens (tertiary/aromatic N) is 4. The molecule has 0 bridgehead atoms. The second-order valence-electron chi connectivity index (χ2n) is 7.46. The lowest BCUT2D eigenvalue weighted by Gasteiger charge is -2.13. The number of carbonyl (C=O) groups is 1. The Morgan fingerprint density at radius 1 is 0.970 bits per heavy atom. The summed E-state index contributed by atoms with van der Waals surface area (Å²) in [5.41, 5.74) is 3.56. The fourth-order valence-corrected chi connectivity index (χ4v) is 4.10. The predicted molar refractivity (Wildman–Crippen MR) is 133 cm³/mol. The lowest BCUT2D eigenvalue weighted by molar-refractivity contribution is -0.113. The number of hydrogen-bond donors (Lipinski definition) is 1. The van der Waals surface area contributed by atoms with E-state index in [1.807, 2.05) is 102 Å². The molecule has 7 nitrogen and oxygen atoms in total. The minimum absolute atomic E-state index is 0.112. The fraction of sp³-hybridized carbons (Fsp3) is 0.160. The normalized spacial score (nSPS) is 10.6. The molecule has 33 heavy (non-hydrogen) atoms. The van der Waals surface area contributed by atoms with Gasteiger partial charge in [-0.15, -0.1) is 10.2 Å². The first kappa shape index (κ1) is 22.4. The van der Waals surface area contributed by atoms with Gasteiger partial charge in [-0.1, -0.05) is 42.1 Å². The number of hydrogen-bond acceptors (Lipinski definition) is 6. The van der Waals surface area contributed by atoms with Crippen LogP contribution >= 0.6 is 11.8 Å². The monoisotopic (exact) mass is 459 g/mol. The van der Waals surface area contributed by atoms with E-state index >= 15 is 0 Å². The Labute approximate surface area is 197 Å². The third kappa shape index (κ3) is 5.18. The number of benzene rings is 3. The zero-order valence-electron chi connectivity index (χ0n) is 18.7. The van der Waals surface area contributed by atoms with Crippen molar-refractivity contribution in [1.29, 1.82) is 0 Å². The average Bonchev–Trinajstić information content (AvgIpc) is 3.27. The molecule has 1 N–H and O–H groups in total. The maximum Gasteiger partial charge on any atom is 0.234 e. The lowest BCUT2D eigenvalue weighted by Crippen LogP contribution is -2.15. The number of aromatic nitrogens is 3. The Kier molecular flexibility index (Phi) is 6.95. The van der Waals surface area contributed by atoms with E-state index in [1.165, 1.54) is 11.8 Å². The molecule has 8 heteroatoms. The quantitative estimate of drug-likeness (QED) is 0.384. The van der Waals surface area contributed by atoms with E-state index in [0.717, 1.165) is 22.6 Å². The Bertz CT molecular complexity index is 1220. The molecule has 0 saturated carbocycles. The van der Waals surface area contributed by atoms with E-state index in [-0.39, 0.29) is 11.7 Å². The summed E-state index contributed by atoms with van der Waals surface area (Å²) in [6.07, 6.45) is 0. The summed E-state index contributed by atoms with van der Waals surface area (Å²) in [6.45, 7) is 0. The third-order valence-electron chi connectivity index (χ3n) is 5.00. The molecule has 168 valence electrons. The first-order valence-corrected chi connectivity index (χ1v) is 11.4. The van der Waals surface area contributed by atoms with Crippen molar-refractivity contribution >= 4 is 29.0 Å². The molecule has 0 aliphatic carbocycles. The number of nitrogens with one attached hydrogen (secondary N) is 1. The van der Waals surface area contributed by atoms with Crippen molar-refractivity contribution < 1.29 is 9.53 Å². The number of ether oxygens (including phenoxy) is 1. The minimum Gasteiger partial charge on any atom is -0.496 e. The maximum absolute atomic E-state index is 12.6. The Morgan fingerprint density at radius 2 is 1.67 bits per heavy atom. The molecule has 1 amide bonds. The fourth-order valence-electron chi connectivity index (χ4n) is 3.35. The van der Waals surface area contributed by atoms with Gasteiger partial charge in [-0.3, -0.25) is 9.36 Å². The third-order valence-corrected chi connectivity index (χ3v) is 5.92. The SMILES string of the molecule is COc1ccccc1-c1nnc(SCC(=O)Nc2ccc(N(C)C)cc2)n1-c1ccccc1. The van der Waals surface area contributed by atoms with Crippen LogP contribution in [-0.4, -0.2) is 47.6 Å². The van der Waals surface area contributed by atoms with E-state index in [4.69, 9.17) is 4.74 Å². The van der Waals surface area contributed by atoms with Crippen LogP contribution in [0.2, 0.25) is 0 Å². The predicted octanol–water partition coefficient (Wildman–Crippen LogP) is 4.74. The summed E-state index contributed by atoms with van der Waals surface area (Å²) in [5, 5.41) is 12.4. The van der Waals surface area contributed by atoms with Gasteiger partial charge in [-0.05, 0) is 48.5 Å². The second kappa shape index (κ2) is 10.2. The highest BCUT2D eigenvalue weighted by atomic mass is 32.2. The molecule has 0 aliphatic rings. The molecule has 1 heterocycles. The number of para-hydroxylation sites is 2. The second-order valence-corrected chi connectivity index (χ2v) is 8.40. The molecule has 4 aromatic rings. The van der Waals surface area contributed by atoms with Crippen LogP contribution in [-0.2, 0) is 4.79 Å². The minimum atomic E-state index is -0.112. The number of carbonyl (C=O) groups excluding carboxylic acids is 1. The van der Waals surface area contributed by atoms with Gasteiger partial charge in [0.05, 0.1) is 18.4 Å². The first-order valence-electron chi connectivity index (χ1n) is 10.4. The Hall–Kier alpha value is -3.78. The summed E-state index contributed by atoms with van der Waals surface area (Å²) in [4.78, 5) is 14.6. The summed E-state index contributed by atoms with van der Waals surface area (Å²) in [6, 6.07) is 25.2. The van der Waals surface area contributed by atoms with Gasteiger partial charge < -0.3 is 15.0 Å². The topological polar surface area (TPSA) is 72.3 Å². The number of anilines is 2. The average molecular weight is 460 g/mol. The van der Waals surface area contributed by atoms with Gasteiger partial charge >= 0.3 is 0 Å². The molecular weight excluding hydrogens is 434 g/mol. The van der Waals surface area contributed by atoms with Gasteiger partial charge in [-0.25, -0.2) is 0 Å². The summed E-state index contributed by atoms with van der Waals surface area (Å²) < 4.78 is 7.48. The van der Waals surface area contributed by atoms with Crippen LogP contribution in [0.25, 0.3) is 17.1 Å². The molecule has 1 aromatic heterocycles. The van der Waals surface area contributed by atoms with E-state index in [2.05, 4.69) is 15.5 Å². The van der Waals surface area contributed by atoms with Crippen LogP contribution in [0.1, 0.15) is 0 Å². The van der Waals surface area contributed by atoms with Crippen molar-refractivity contribution in [2.45, 2.75) is 5.16 Å². The van der Waals surface area contributed by atoms with E-state index in [9.17, 15) is 4.79 Å². The van der Waals surface area contributed by atoms with Crippen LogP contribution in [0, 0.1) is 0 Å². The molecule has 0 unspecified atom stereocenters. The van der Waals surface area contributed by atoms with Crippen molar-refractivity contribution in [2.75, 3.05) is 37.2 Å². The van der Waals surface area contributed by atoms with E-state index < -0.39 is 0 Å². The smallest absolute Gasteiger partial charge is 0.234 e. The van der Waals surface area contributed by atoms with Crippen LogP contribution in [0.5, 0.6) is 5.75 Å². The zero-order valence-corrected chi connectivity index (χ0v) is 19.5.